The Hall–Kier alpha value is -1.23. The van der Waals surface area contributed by atoms with Gasteiger partial charge in [0.2, 0.25) is 0 Å². The molecule has 5 heteroatoms. The van der Waals surface area contributed by atoms with E-state index in [1.54, 1.807) is 12.1 Å². The molecule has 3 atom stereocenters. The molecule has 0 aliphatic heterocycles. The number of aromatic hydroxyl groups is 1. The number of phenols is 1. The quantitative estimate of drug-likeness (QED) is 0.862. The van der Waals surface area contributed by atoms with Crippen LogP contribution in [0.5, 0.6) is 5.75 Å². The average molecular weight is 299 g/mol. The number of benzene rings is 1. The summed E-state index contributed by atoms with van der Waals surface area (Å²) in [6.07, 6.45) is -0.152. The molecule has 0 saturated heterocycles. The van der Waals surface area contributed by atoms with Gasteiger partial charge in [0.1, 0.15) is 5.75 Å². The van der Waals surface area contributed by atoms with E-state index in [2.05, 4.69) is 5.32 Å². The molecule has 2 aliphatic carbocycles. The van der Waals surface area contributed by atoms with Crippen LogP contribution >= 0.6 is 0 Å². The smallest absolute Gasteiger partial charge is 0.393 e. The summed E-state index contributed by atoms with van der Waals surface area (Å²) in [6.45, 7) is 0. The van der Waals surface area contributed by atoms with Crippen LogP contribution in [0, 0.1) is 5.92 Å². The van der Waals surface area contributed by atoms with Gasteiger partial charge in [-0.1, -0.05) is 18.9 Å². The lowest BCUT2D eigenvalue weighted by Crippen LogP contribution is -2.46. The predicted octanol–water partition coefficient (Wildman–Crippen LogP) is 4.09. The molecule has 0 aromatic heterocycles. The molecule has 2 N–H and O–H groups in total. The number of hydrogen-bond acceptors (Lipinski definition) is 2. The molecule has 1 fully saturated rings. The van der Waals surface area contributed by atoms with Gasteiger partial charge in [0.15, 0.2) is 0 Å². The molecular weight excluding hydrogens is 279 g/mol. The first-order chi connectivity index (χ1) is 9.95. The molecule has 116 valence electrons. The fraction of sp³-hybridized carbons (Fsp3) is 0.625. The SMILES string of the molecule is Oc1ccc2c(c1)CCC2NC1CCCCC1C(F)(F)F. The standard InChI is InChI=1S/C16H20F3NO/c17-16(18,19)13-3-1-2-4-15(13)20-14-8-5-10-9-11(21)6-7-12(10)14/h6-7,9,13-15,20-21H,1-5,8H2. The molecule has 0 radical (unpaired) electrons. The average Bonchev–Trinajstić information content (AvgIpc) is 2.80. The lowest BCUT2D eigenvalue weighted by Gasteiger charge is -2.35. The van der Waals surface area contributed by atoms with Crippen molar-refractivity contribution in [3.8, 4) is 5.75 Å². The van der Waals surface area contributed by atoms with E-state index in [0.29, 0.717) is 12.8 Å². The van der Waals surface area contributed by atoms with Crippen LogP contribution in [-0.4, -0.2) is 17.3 Å². The van der Waals surface area contributed by atoms with E-state index >= 15 is 0 Å². The number of rotatable bonds is 2. The number of phenolic OH excluding ortho intramolecular Hbond substituents is 1. The van der Waals surface area contributed by atoms with E-state index in [1.807, 2.05) is 6.07 Å². The van der Waals surface area contributed by atoms with E-state index < -0.39 is 18.1 Å². The van der Waals surface area contributed by atoms with E-state index in [1.165, 1.54) is 0 Å². The van der Waals surface area contributed by atoms with Gasteiger partial charge in [-0.2, -0.15) is 13.2 Å². The molecule has 3 unspecified atom stereocenters. The van der Waals surface area contributed by atoms with Crippen LogP contribution in [0.4, 0.5) is 13.2 Å². The molecule has 0 spiro atoms. The highest BCUT2D eigenvalue weighted by Crippen LogP contribution is 2.40. The molecule has 0 heterocycles. The zero-order valence-electron chi connectivity index (χ0n) is 11.8. The Bertz CT molecular complexity index is 515. The van der Waals surface area contributed by atoms with Gasteiger partial charge in [-0.3, -0.25) is 0 Å². The van der Waals surface area contributed by atoms with Crippen LogP contribution in [0.3, 0.4) is 0 Å². The summed E-state index contributed by atoms with van der Waals surface area (Å²) in [5, 5.41) is 12.7. The van der Waals surface area contributed by atoms with Gasteiger partial charge in [0.05, 0.1) is 5.92 Å². The summed E-state index contributed by atoms with van der Waals surface area (Å²) in [5.74, 6) is -1.01. The molecule has 3 rings (SSSR count). The Labute approximate surface area is 122 Å². The van der Waals surface area contributed by atoms with Crippen LogP contribution in [0.2, 0.25) is 0 Å². The van der Waals surface area contributed by atoms with Crippen molar-refractivity contribution in [3.05, 3.63) is 29.3 Å². The van der Waals surface area contributed by atoms with E-state index in [9.17, 15) is 18.3 Å². The fourth-order valence-corrected chi connectivity index (χ4v) is 3.76. The first-order valence-electron chi connectivity index (χ1n) is 7.59. The number of nitrogens with one attached hydrogen (secondary N) is 1. The second-order valence-corrected chi connectivity index (χ2v) is 6.18. The Morgan fingerprint density at radius 2 is 1.86 bits per heavy atom. The van der Waals surface area contributed by atoms with Crippen molar-refractivity contribution < 1.29 is 18.3 Å². The number of alkyl halides is 3. The van der Waals surface area contributed by atoms with Crippen LogP contribution < -0.4 is 5.32 Å². The Balaban J connectivity index is 1.75. The van der Waals surface area contributed by atoms with Gasteiger partial charge >= 0.3 is 6.18 Å². The molecule has 1 saturated carbocycles. The highest BCUT2D eigenvalue weighted by molar-refractivity contribution is 5.40. The summed E-state index contributed by atoms with van der Waals surface area (Å²) in [5.41, 5.74) is 2.09. The molecule has 0 bridgehead atoms. The first-order valence-corrected chi connectivity index (χ1v) is 7.59. The maximum atomic E-state index is 13.1. The predicted molar refractivity (Wildman–Crippen MR) is 74.1 cm³/mol. The van der Waals surface area contributed by atoms with Gasteiger partial charge in [-0.25, -0.2) is 0 Å². The Kier molecular flexibility index (Phi) is 3.86. The molecule has 21 heavy (non-hydrogen) atoms. The largest absolute Gasteiger partial charge is 0.508 e. The van der Waals surface area contributed by atoms with Crippen LogP contribution in [-0.2, 0) is 6.42 Å². The number of fused-ring (bicyclic) bond motifs is 1. The summed E-state index contributed by atoms with van der Waals surface area (Å²) >= 11 is 0. The van der Waals surface area contributed by atoms with Crippen molar-refractivity contribution in [2.45, 2.75) is 56.8 Å². The Morgan fingerprint density at radius 3 is 2.62 bits per heavy atom. The minimum atomic E-state index is -4.12. The maximum Gasteiger partial charge on any atom is 0.393 e. The second kappa shape index (κ2) is 5.52. The van der Waals surface area contributed by atoms with Gasteiger partial charge < -0.3 is 10.4 Å². The topological polar surface area (TPSA) is 32.3 Å². The number of halogens is 3. The molecule has 1 aromatic carbocycles. The minimum Gasteiger partial charge on any atom is -0.508 e. The number of aryl methyl sites for hydroxylation is 1. The highest BCUT2D eigenvalue weighted by atomic mass is 19.4. The van der Waals surface area contributed by atoms with Gasteiger partial charge in [0.25, 0.3) is 0 Å². The maximum absolute atomic E-state index is 13.1. The fourth-order valence-electron chi connectivity index (χ4n) is 3.76. The van der Waals surface area contributed by atoms with Gasteiger partial charge in [-0.15, -0.1) is 0 Å². The first kappa shape index (κ1) is 14.7. The van der Waals surface area contributed by atoms with Gasteiger partial charge in [-0.05, 0) is 48.9 Å². The molecule has 2 nitrogen and oxygen atoms in total. The monoisotopic (exact) mass is 299 g/mol. The summed E-state index contributed by atoms with van der Waals surface area (Å²) in [7, 11) is 0. The van der Waals surface area contributed by atoms with Crippen LogP contribution in [0.1, 0.15) is 49.3 Å². The van der Waals surface area contributed by atoms with Crippen LogP contribution in [0.15, 0.2) is 18.2 Å². The van der Waals surface area contributed by atoms with Crippen molar-refractivity contribution in [2.24, 2.45) is 5.92 Å². The van der Waals surface area contributed by atoms with Crippen molar-refractivity contribution in [1.82, 2.24) is 5.32 Å². The lowest BCUT2D eigenvalue weighted by atomic mass is 9.83. The zero-order valence-corrected chi connectivity index (χ0v) is 11.8. The van der Waals surface area contributed by atoms with E-state index in [-0.39, 0.29) is 18.2 Å². The van der Waals surface area contributed by atoms with Crippen molar-refractivity contribution >= 4 is 0 Å². The summed E-state index contributed by atoms with van der Waals surface area (Å²) < 4.78 is 39.4. The zero-order chi connectivity index (χ0) is 15.0. The molecule has 2 aliphatic rings. The van der Waals surface area contributed by atoms with Crippen LogP contribution in [0.25, 0.3) is 0 Å². The molecule has 1 aromatic rings. The normalized spacial score (nSPS) is 29.4. The van der Waals surface area contributed by atoms with Crippen molar-refractivity contribution in [2.75, 3.05) is 0 Å². The summed E-state index contributed by atoms with van der Waals surface area (Å²) in [4.78, 5) is 0. The second-order valence-electron chi connectivity index (χ2n) is 6.18. The minimum absolute atomic E-state index is 0.0199. The third-order valence-electron chi connectivity index (χ3n) is 4.81. The van der Waals surface area contributed by atoms with E-state index in [4.69, 9.17) is 0 Å². The van der Waals surface area contributed by atoms with E-state index in [0.717, 1.165) is 30.4 Å². The summed E-state index contributed by atoms with van der Waals surface area (Å²) in [6, 6.07) is 4.66. The highest BCUT2D eigenvalue weighted by Gasteiger charge is 2.46. The Morgan fingerprint density at radius 1 is 1.10 bits per heavy atom. The van der Waals surface area contributed by atoms with Gasteiger partial charge in [0, 0.05) is 12.1 Å². The van der Waals surface area contributed by atoms with Crippen molar-refractivity contribution in [1.29, 1.82) is 0 Å². The number of hydrogen-bond donors (Lipinski definition) is 2. The third-order valence-corrected chi connectivity index (χ3v) is 4.81. The molecular formula is C16H20F3NO. The van der Waals surface area contributed by atoms with Crippen molar-refractivity contribution in [3.63, 3.8) is 0 Å². The lowest BCUT2D eigenvalue weighted by molar-refractivity contribution is -0.189. The molecule has 0 amide bonds. The third kappa shape index (κ3) is 3.03.